The van der Waals surface area contributed by atoms with Gasteiger partial charge < -0.3 is 0 Å². The summed E-state index contributed by atoms with van der Waals surface area (Å²) in [5.74, 6) is -0.258. The molecule has 0 aliphatic carbocycles. The highest BCUT2D eigenvalue weighted by Crippen LogP contribution is 2.28. The van der Waals surface area contributed by atoms with Crippen molar-refractivity contribution < 1.29 is 4.39 Å². The molecule has 23 heavy (non-hydrogen) atoms. The number of aromatic nitrogens is 4. The average Bonchev–Trinajstić information content (AvgIpc) is 2.98. The van der Waals surface area contributed by atoms with Gasteiger partial charge in [0, 0.05) is 23.3 Å². The molecule has 4 rings (SSSR count). The molecule has 2 aromatic carbocycles. The highest BCUT2D eigenvalue weighted by atomic mass is 19.1. The largest absolute Gasteiger partial charge is 0.261 e. The van der Waals surface area contributed by atoms with Gasteiger partial charge >= 0.3 is 0 Å². The minimum Gasteiger partial charge on any atom is -0.261 e. The van der Waals surface area contributed by atoms with Crippen LogP contribution in [-0.2, 0) is 0 Å². The van der Waals surface area contributed by atoms with Gasteiger partial charge in [0.25, 0.3) is 0 Å². The summed E-state index contributed by atoms with van der Waals surface area (Å²) in [6, 6.07) is 10.4. The maximum Gasteiger partial charge on any atom is 0.123 e. The van der Waals surface area contributed by atoms with Gasteiger partial charge in [0.05, 0.1) is 29.3 Å². The maximum atomic E-state index is 13.1. The third-order valence-electron chi connectivity index (χ3n) is 3.82. The first-order valence-corrected chi connectivity index (χ1v) is 7.23. The van der Waals surface area contributed by atoms with Gasteiger partial charge in [-0.05, 0) is 48.9 Å². The zero-order valence-corrected chi connectivity index (χ0v) is 12.4. The van der Waals surface area contributed by atoms with Crippen molar-refractivity contribution in [2.24, 2.45) is 0 Å². The number of rotatable bonds is 2. The van der Waals surface area contributed by atoms with Crippen molar-refractivity contribution in [3.8, 4) is 16.9 Å². The van der Waals surface area contributed by atoms with Gasteiger partial charge in [0.1, 0.15) is 5.82 Å². The normalized spacial score (nSPS) is 11.0. The number of halogens is 1. The molecular formula is C18H13FN4. The summed E-state index contributed by atoms with van der Waals surface area (Å²) in [5, 5.41) is 5.43. The van der Waals surface area contributed by atoms with E-state index in [9.17, 15) is 4.39 Å². The van der Waals surface area contributed by atoms with Crippen LogP contribution in [0, 0.1) is 12.7 Å². The second-order valence-electron chi connectivity index (χ2n) is 5.35. The van der Waals surface area contributed by atoms with Crippen molar-refractivity contribution in [2.75, 3.05) is 0 Å². The number of nitrogens with zero attached hydrogens (tertiary/aromatic N) is 4. The fourth-order valence-electron chi connectivity index (χ4n) is 2.68. The summed E-state index contributed by atoms with van der Waals surface area (Å²) in [6.07, 6.45) is 6.89. The lowest BCUT2D eigenvalue weighted by atomic mass is 10.0. The Morgan fingerprint density at radius 1 is 1.00 bits per heavy atom. The van der Waals surface area contributed by atoms with E-state index in [1.807, 2.05) is 11.6 Å². The van der Waals surface area contributed by atoms with Gasteiger partial charge in [0.15, 0.2) is 0 Å². The Balaban J connectivity index is 1.88. The van der Waals surface area contributed by atoms with Crippen molar-refractivity contribution in [1.29, 1.82) is 0 Å². The standard InChI is InChI=1S/C18H13FN4/c1-12-8-18-13(9-16(12)17-11-20-6-7-21-17)10-22-23(18)15-4-2-14(19)3-5-15/h2-11H,1H3. The summed E-state index contributed by atoms with van der Waals surface area (Å²) < 4.78 is 14.9. The molecule has 0 atom stereocenters. The SMILES string of the molecule is Cc1cc2c(cnn2-c2ccc(F)cc2)cc1-c1cnccn1. The Hall–Kier alpha value is -3.08. The first-order valence-electron chi connectivity index (χ1n) is 7.23. The van der Waals surface area contributed by atoms with Gasteiger partial charge in [-0.15, -0.1) is 0 Å². The molecule has 0 N–H and O–H groups in total. The molecule has 4 nitrogen and oxygen atoms in total. The smallest absolute Gasteiger partial charge is 0.123 e. The van der Waals surface area contributed by atoms with Crippen LogP contribution in [0.25, 0.3) is 27.8 Å². The van der Waals surface area contributed by atoms with Crippen LogP contribution in [0.3, 0.4) is 0 Å². The first kappa shape index (κ1) is 13.6. The molecule has 0 unspecified atom stereocenters. The number of fused-ring (bicyclic) bond motifs is 1. The van der Waals surface area contributed by atoms with Crippen LogP contribution in [0.1, 0.15) is 5.56 Å². The lowest BCUT2D eigenvalue weighted by molar-refractivity contribution is 0.627. The van der Waals surface area contributed by atoms with E-state index in [2.05, 4.69) is 27.2 Å². The van der Waals surface area contributed by atoms with E-state index in [0.29, 0.717) is 0 Å². The second-order valence-corrected chi connectivity index (χ2v) is 5.35. The van der Waals surface area contributed by atoms with E-state index in [0.717, 1.165) is 33.4 Å². The van der Waals surface area contributed by atoms with Crippen molar-refractivity contribution in [3.63, 3.8) is 0 Å². The molecule has 2 heterocycles. The Labute approximate surface area is 132 Å². The predicted octanol–water partition coefficient (Wildman–Crippen LogP) is 3.93. The van der Waals surface area contributed by atoms with E-state index >= 15 is 0 Å². The van der Waals surface area contributed by atoms with E-state index in [-0.39, 0.29) is 5.82 Å². The molecule has 5 heteroatoms. The summed E-state index contributed by atoms with van der Waals surface area (Å²) in [6.45, 7) is 2.03. The van der Waals surface area contributed by atoms with Gasteiger partial charge in [0.2, 0.25) is 0 Å². The highest BCUT2D eigenvalue weighted by Gasteiger charge is 2.10. The van der Waals surface area contributed by atoms with E-state index < -0.39 is 0 Å². The summed E-state index contributed by atoms with van der Waals surface area (Å²) in [5.41, 5.74) is 4.75. The van der Waals surface area contributed by atoms with E-state index in [1.54, 1.807) is 36.9 Å². The molecule has 112 valence electrons. The molecule has 0 aliphatic rings. The Kier molecular flexibility index (Phi) is 3.12. The van der Waals surface area contributed by atoms with Crippen LogP contribution in [0.4, 0.5) is 4.39 Å². The second kappa shape index (κ2) is 5.28. The lowest BCUT2D eigenvalue weighted by Gasteiger charge is -2.07. The quantitative estimate of drug-likeness (QED) is 0.563. The fourth-order valence-corrected chi connectivity index (χ4v) is 2.68. The third-order valence-corrected chi connectivity index (χ3v) is 3.82. The number of hydrogen-bond acceptors (Lipinski definition) is 3. The van der Waals surface area contributed by atoms with Crippen LogP contribution >= 0.6 is 0 Å². The maximum absolute atomic E-state index is 13.1. The zero-order valence-electron chi connectivity index (χ0n) is 12.4. The third kappa shape index (κ3) is 2.36. The van der Waals surface area contributed by atoms with Crippen LogP contribution in [0.5, 0.6) is 0 Å². The number of aryl methyl sites for hydroxylation is 1. The van der Waals surface area contributed by atoms with Gasteiger partial charge in [-0.2, -0.15) is 5.10 Å². The zero-order chi connectivity index (χ0) is 15.8. The number of hydrogen-bond donors (Lipinski definition) is 0. The summed E-state index contributed by atoms with van der Waals surface area (Å²) >= 11 is 0. The van der Waals surface area contributed by atoms with Gasteiger partial charge in [-0.3, -0.25) is 9.97 Å². The molecule has 0 aliphatic heterocycles. The van der Waals surface area contributed by atoms with Crippen LogP contribution in [-0.4, -0.2) is 19.7 Å². The van der Waals surface area contributed by atoms with Crippen molar-refractivity contribution >= 4 is 10.9 Å². The summed E-state index contributed by atoms with van der Waals surface area (Å²) in [7, 11) is 0. The van der Waals surface area contributed by atoms with Crippen molar-refractivity contribution in [1.82, 2.24) is 19.7 Å². The molecule has 0 spiro atoms. The monoisotopic (exact) mass is 304 g/mol. The molecule has 2 aromatic heterocycles. The molecule has 0 radical (unpaired) electrons. The van der Waals surface area contributed by atoms with Gasteiger partial charge in [-0.25, -0.2) is 9.07 Å². The lowest BCUT2D eigenvalue weighted by Crippen LogP contribution is -1.96. The first-order chi connectivity index (χ1) is 11.2. The van der Waals surface area contributed by atoms with Crippen LogP contribution < -0.4 is 0 Å². The van der Waals surface area contributed by atoms with Crippen molar-refractivity contribution in [3.05, 3.63) is 72.6 Å². The molecular weight excluding hydrogens is 291 g/mol. The predicted molar refractivity (Wildman–Crippen MR) is 86.8 cm³/mol. The topological polar surface area (TPSA) is 43.6 Å². The Morgan fingerprint density at radius 2 is 1.83 bits per heavy atom. The molecule has 0 saturated heterocycles. The minimum absolute atomic E-state index is 0.258. The molecule has 4 aromatic rings. The van der Waals surface area contributed by atoms with Crippen molar-refractivity contribution in [2.45, 2.75) is 6.92 Å². The highest BCUT2D eigenvalue weighted by molar-refractivity contribution is 5.86. The van der Waals surface area contributed by atoms with E-state index in [1.165, 1.54) is 12.1 Å². The Morgan fingerprint density at radius 3 is 2.57 bits per heavy atom. The molecule has 0 bridgehead atoms. The summed E-state index contributed by atoms with van der Waals surface area (Å²) in [4.78, 5) is 8.48. The average molecular weight is 304 g/mol. The molecule has 0 saturated carbocycles. The van der Waals surface area contributed by atoms with Gasteiger partial charge in [-0.1, -0.05) is 0 Å². The van der Waals surface area contributed by atoms with Crippen LogP contribution in [0.2, 0.25) is 0 Å². The molecule has 0 fully saturated rings. The van der Waals surface area contributed by atoms with Crippen LogP contribution in [0.15, 0.2) is 61.2 Å². The molecule has 0 amide bonds. The minimum atomic E-state index is -0.258. The number of benzene rings is 2. The fraction of sp³-hybridized carbons (Fsp3) is 0.0556. The van der Waals surface area contributed by atoms with E-state index in [4.69, 9.17) is 0 Å². The Bertz CT molecular complexity index is 975.